The quantitative estimate of drug-likeness (QED) is 0.531. The topological polar surface area (TPSA) is 38.3 Å². The Morgan fingerprint density at radius 1 is 1.46 bits per heavy atom. The van der Waals surface area contributed by atoms with Gasteiger partial charge in [-0.15, -0.1) is 11.6 Å². The molecule has 0 aliphatic carbocycles. The lowest BCUT2D eigenvalue weighted by atomic mass is 10.2. The second-order valence-electron chi connectivity index (χ2n) is 2.91. The van der Waals surface area contributed by atoms with E-state index in [0.29, 0.717) is 12.6 Å². The molecule has 0 heterocycles. The second kappa shape index (κ2) is 7.15. The minimum Gasteiger partial charge on any atom is -0.468 e. The second-order valence-corrected chi connectivity index (χ2v) is 3.44. The maximum atomic E-state index is 10.9. The molecule has 0 radical (unpaired) electrons. The van der Waals surface area contributed by atoms with Gasteiger partial charge in [0.1, 0.15) is 5.38 Å². The number of halogens is 1. The van der Waals surface area contributed by atoms with Crippen LogP contribution in [0.5, 0.6) is 0 Å². The number of alkyl halides is 1. The van der Waals surface area contributed by atoms with Crippen LogP contribution in [-0.4, -0.2) is 31.0 Å². The fourth-order valence-corrected chi connectivity index (χ4v) is 1.24. The van der Waals surface area contributed by atoms with E-state index in [1.807, 2.05) is 0 Å². The lowest BCUT2D eigenvalue weighted by Crippen LogP contribution is -2.36. The lowest BCUT2D eigenvalue weighted by Gasteiger charge is -2.16. The molecule has 4 heteroatoms. The van der Waals surface area contributed by atoms with Gasteiger partial charge in [-0.25, -0.2) is 0 Å². The van der Waals surface area contributed by atoms with Gasteiger partial charge in [-0.1, -0.05) is 13.8 Å². The third-order valence-corrected chi connectivity index (χ3v) is 2.36. The Labute approximate surface area is 84.8 Å². The predicted molar refractivity (Wildman–Crippen MR) is 54.0 cm³/mol. The first-order valence-electron chi connectivity index (χ1n) is 4.60. The average molecular weight is 208 g/mol. The molecule has 78 valence electrons. The van der Waals surface area contributed by atoms with Gasteiger partial charge in [0.15, 0.2) is 0 Å². The highest BCUT2D eigenvalue weighted by Crippen LogP contribution is 2.00. The van der Waals surface area contributed by atoms with E-state index < -0.39 is 5.38 Å². The Hall–Kier alpha value is -0.280. The zero-order chi connectivity index (χ0) is 10.3. The number of ether oxygens (including phenoxy) is 1. The number of methoxy groups -OCH3 is 1. The van der Waals surface area contributed by atoms with Gasteiger partial charge in [0, 0.05) is 12.6 Å². The van der Waals surface area contributed by atoms with Gasteiger partial charge in [-0.3, -0.25) is 4.79 Å². The largest absolute Gasteiger partial charge is 0.468 e. The van der Waals surface area contributed by atoms with Crippen molar-refractivity contribution in [1.29, 1.82) is 0 Å². The third-order valence-electron chi connectivity index (χ3n) is 2.03. The summed E-state index contributed by atoms with van der Waals surface area (Å²) in [6.45, 7) is 4.67. The number of esters is 1. The fourth-order valence-electron chi connectivity index (χ4n) is 1.06. The summed E-state index contributed by atoms with van der Waals surface area (Å²) in [6, 6.07) is 0.436. The number of rotatable bonds is 6. The highest BCUT2D eigenvalue weighted by molar-refractivity contribution is 6.30. The van der Waals surface area contributed by atoms with Crippen LogP contribution in [0.1, 0.15) is 26.7 Å². The summed E-state index contributed by atoms with van der Waals surface area (Å²) in [4.78, 5) is 10.9. The Kier molecular flexibility index (Phi) is 7.00. The van der Waals surface area contributed by atoms with Crippen LogP contribution in [0, 0.1) is 0 Å². The van der Waals surface area contributed by atoms with Crippen molar-refractivity contribution in [3.8, 4) is 0 Å². The van der Waals surface area contributed by atoms with E-state index in [-0.39, 0.29) is 5.97 Å². The monoisotopic (exact) mass is 207 g/mol. The average Bonchev–Trinajstić information content (AvgIpc) is 2.17. The van der Waals surface area contributed by atoms with Crippen molar-refractivity contribution in [3.63, 3.8) is 0 Å². The van der Waals surface area contributed by atoms with Crippen LogP contribution >= 0.6 is 11.6 Å². The van der Waals surface area contributed by atoms with Crippen LogP contribution in [0.2, 0.25) is 0 Å². The van der Waals surface area contributed by atoms with Crippen molar-refractivity contribution < 1.29 is 9.53 Å². The van der Waals surface area contributed by atoms with Gasteiger partial charge in [0.2, 0.25) is 0 Å². The van der Waals surface area contributed by atoms with Crippen LogP contribution in [0.25, 0.3) is 0 Å². The highest BCUT2D eigenvalue weighted by Gasteiger charge is 2.16. The van der Waals surface area contributed by atoms with Crippen LogP contribution in [0.15, 0.2) is 0 Å². The molecule has 13 heavy (non-hydrogen) atoms. The molecule has 0 spiro atoms. The molecule has 0 saturated carbocycles. The van der Waals surface area contributed by atoms with E-state index >= 15 is 0 Å². The summed E-state index contributed by atoms with van der Waals surface area (Å²) in [6.07, 6.45) is 2.09. The first-order chi connectivity index (χ1) is 6.15. The smallest absolute Gasteiger partial charge is 0.325 e. The molecular formula is C9H18ClNO2. The Morgan fingerprint density at radius 2 is 2.00 bits per heavy atom. The van der Waals surface area contributed by atoms with E-state index in [4.69, 9.17) is 11.6 Å². The zero-order valence-corrected chi connectivity index (χ0v) is 9.23. The molecule has 0 aliphatic rings. The van der Waals surface area contributed by atoms with Crippen molar-refractivity contribution in [2.75, 3.05) is 13.7 Å². The first-order valence-corrected chi connectivity index (χ1v) is 5.04. The van der Waals surface area contributed by atoms with Gasteiger partial charge in [-0.2, -0.15) is 0 Å². The maximum absolute atomic E-state index is 10.9. The van der Waals surface area contributed by atoms with Crippen molar-refractivity contribution in [2.24, 2.45) is 0 Å². The first kappa shape index (κ1) is 12.7. The maximum Gasteiger partial charge on any atom is 0.325 e. The standard InChI is InChI=1S/C9H18ClNO2/c1-4-7(5-2)11-6-8(10)9(12)13-3/h7-8,11H,4-6H2,1-3H3. The summed E-state index contributed by atoms with van der Waals surface area (Å²) < 4.78 is 4.50. The molecule has 1 N–H and O–H groups in total. The molecule has 1 unspecified atom stereocenters. The van der Waals surface area contributed by atoms with E-state index in [2.05, 4.69) is 23.9 Å². The zero-order valence-electron chi connectivity index (χ0n) is 8.47. The van der Waals surface area contributed by atoms with Gasteiger partial charge in [-0.05, 0) is 12.8 Å². The van der Waals surface area contributed by atoms with Crippen LogP contribution in [-0.2, 0) is 9.53 Å². The van der Waals surface area contributed by atoms with Crippen LogP contribution in [0.3, 0.4) is 0 Å². The van der Waals surface area contributed by atoms with E-state index in [1.165, 1.54) is 7.11 Å². The molecule has 0 fully saturated rings. The van der Waals surface area contributed by atoms with Crippen molar-refractivity contribution in [2.45, 2.75) is 38.1 Å². The van der Waals surface area contributed by atoms with Crippen molar-refractivity contribution in [1.82, 2.24) is 5.32 Å². The predicted octanol–water partition coefficient (Wildman–Crippen LogP) is 1.55. The molecule has 0 saturated heterocycles. The van der Waals surface area contributed by atoms with E-state index in [1.54, 1.807) is 0 Å². The Morgan fingerprint density at radius 3 is 2.38 bits per heavy atom. The SMILES string of the molecule is CCC(CC)NCC(Cl)C(=O)OC. The summed E-state index contributed by atoms with van der Waals surface area (Å²) >= 11 is 5.75. The molecule has 3 nitrogen and oxygen atoms in total. The van der Waals surface area contributed by atoms with Gasteiger partial charge in [0.05, 0.1) is 7.11 Å². The van der Waals surface area contributed by atoms with Crippen molar-refractivity contribution in [3.05, 3.63) is 0 Å². The summed E-state index contributed by atoms with van der Waals surface area (Å²) in [5.41, 5.74) is 0. The molecule has 1 atom stereocenters. The number of hydrogen-bond donors (Lipinski definition) is 1. The molecule has 0 amide bonds. The molecular weight excluding hydrogens is 190 g/mol. The van der Waals surface area contributed by atoms with E-state index in [9.17, 15) is 4.79 Å². The molecule has 0 aromatic rings. The molecule has 0 rings (SSSR count). The fraction of sp³-hybridized carbons (Fsp3) is 0.889. The van der Waals surface area contributed by atoms with Gasteiger partial charge < -0.3 is 10.1 Å². The number of carbonyl (C=O) groups is 1. The van der Waals surface area contributed by atoms with E-state index in [0.717, 1.165) is 12.8 Å². The van der Waals surface area contributed by atoms with Gasteiger partial charge >= 0.3 is 5.97 Å². The van der Waals surface area contributed by atoms with Gasteiger partial charge in [0.25, 0.3) is 0 Å². The molecule has 0 bridgehead atoms. The normalized spacial score (nSPS) is 13.0. The third kappa shape index (κ3) is 5.11. The lowest BCUT2D eigenvalue weighted by molar-refractivity contribution is -0.140. The molecule has 0 aromatic heterocycles. The Balaban J connectivity index is 3.67. The summed E-state index contributed by atoms with van der Waals surface area (Å²) in [7, 11) is 1.34. The minimum atomic E-state index is -0.578. The highest BCUT2D eigenvalue weighted by atomic mass is 35.5. The van der Waals surface area contributed by atoms with Crippen LogP contribution in [0.4, 0.5) is 0 Å². The summed E-state index contributed by atoms with van der Waals surface area (Å²) in [5, 5.41) is 2.62. The molecule has 0 aliphatic heterocycles. The van der Waals surface area contributed by atoms with Crippen LogP contribution < -0.4 is 5.32 Å². The number of hydrogen-bond acceptors (Lipinski definition) is 3. The Bertz CT molecular complexity index is 149. The van der Waals surface area contributed by atoms with Crippen molar-refractivity contribution >= 4 is 17.6 Å². The number of nitrogens with one attached hydrogen (secondary N) is 1. The minimum absolute atomic E-state index is 0.375. The summed E-state index contributed by atoms with van der Waals surface area (Å²) in [5.74, 6) is -0.375. The molecule has 0 aromatic carbocycles. The number of carbonyl (C=O) groups excluding carboxylic acids is 1.